The molecule has 5 rings (SSSR count). The lowest BCUT2D eigenvalue weighted by Crippen LogP contribution is -2.58. The van der Waals surface area contributed by atoms with E-state index in [4.69, 9.17) is 9.47 Å². The molecule has 1 heterocycles. The molecule has 8 atom stereocenters. The summed E-state index contributed by atoms with van der Waals surface area (Å²) in [5.41, 5.74) is 1.19. The van der Waals surface area contributed by atoms with E-state index in [0.717, 1.165) is 51.4 Å². The summed E-state index contributed by atoms with van der Waals surface area (Å²) < 4.78 is 11.6. The largest absolute Gasteiger partial charge is 0.458 e. The highest BCUT2D eigenvalue weighted by atomic mass is 32.2. The Labute approximate surface area is 195 Å². The zero-order chi connectivity index (χ0) is 22.9. The molecular weight excluding hydrogens is 424 g/mol. The molecule has 1 saturated heterocycles. The van der Waals surface area contributed by atoms with Crippen LogP contribution in [0, 0.1) is 28.6 Å². The molecule has 5 nitrogen and oxygen atoms in total. The van der Waals surface area contributed by atoms with Crippen LogP contribution in [-0.4, -0.2) is 34.0 Å². The van der Waals surface area contributed by atoms with Crippen LogP contribution in [-0.2, 0) is 23.9 Å². The van der Waals surface area contributed by atoms with E-state index >= 15 is 0 Å². The quantitative estimate of drug-likeness (QED) is 0.416. The van der Waals surface area contributed by atoms with Crippen LogP contribution in [0.25, 0.3) is 0 Å². The molecule has 5 aliphatic rings. The summed E-state index contributed by atoms with van der Waals surface area (Å²) in [5, 5.41) is 0.419. The normalized spacial score (nSPS) is 47.2. The summed E-state index contributed by atoms with van der Waals surface area (Å²) in [7, 11) is 0. The first-order chi connectivity index (χ1) is 15.1. The highest BCUT2D eigenvalue weighted by Crippen LogP contribution is 2.70. The van der Waals surface area contributed by atoms with Gasteiger partial charge in [0, 0.05) is 30.9 Å². The summed E-state index contributed by atoms with van der Waals surface area (Å²) in [6.07, 6.45) is 10.5. The molecule has 0 aromatic carbocycles. The van der Waals surface area contributed by atoms with Crippen molar-refractivity contribution < 1.29 is 23.9 Å². The minimum atomic E-state index is -0.296. The minimum absolute atomic E-state index is 0.00243. The Bertz CT molecular complexity index is 881. The fourth-order valence-corrected chi connectivity index (χ4v) is 9.80. The number of fused-ring (bicyclic) bond motifs is 6. The van der Waals surface area contributed by atoms with Crippen LogP contribution >= 0.6 is 11.8 Å². The van der Waals surface area contributed by atoms with Gasteiger partial charge >= 0.3 is 11.9 Å². The van der Waals surface area contributed by atoms with Gasteiger partial charge in [0.25, 0.3) is 0 Å². The second-order valence-corrected chi connectivity index (χ2v) is 12.8. The molecule has 1 aliphatic heterocycles. The highest BCUT2D eigenvalue weighted by Gasteiger charge is 2.68. The molecular formula is C26H36O5S. The van der Waals surface area contributed by atoms with Crippen molar-refractivity contribution in [3.05, 3.63) is 11.6 Å². The van der Waals surface area contributed by atoms with Crippen molar-refractivity contribution >= 4 is 28.8 Å². The molecule has 32 heavy (non-hydrogen) atoms. The summed E-state index contributed by atoms with van der Waals surface area (Å²) >= 11 is 1.51. The van der Waals surface area contributed by atoms with Crippen LogP contribution in [0.3, 0.4) is 0 Å². The number of thioether (sulfide) groups is 1. The van der Waals surface area contributed by atoms with E-state index in [1.54, 1.807) is 6.92 Å². The van der Waals surface area contributed by atoms with E-state index in [0.29, 0.717) is 24.2 Å². The lowest BCUT2D eigenvalue weighted by atomic mass is 9.46. The van der Waals surface area contributed by atoms with Gasteiger partial charge in [-0.1, -0.05) is 31.2 Å². The summed E-state index contributed by atoms with van der Waals surface area (Å²) in [6.45, 7) is 7.95. The van der Waals surface area contributed by atoms with Gasteiger partial charge in [-0.2, -0.15) is 0 Å². The van der Waals surface area contributed by atoms with Gasteiger partial charge in [-0.25, -0.2) is 0 Å². The third-order valence-electron chi connectivity index (χ3n) is 10.0. The molecule has 4 fully saturated rings. The number of allylic oxidation sites excluding steroid dienone is 1. The first-order valence-corrected chi connectivity index (χ1v) is 13.2. The molecule has 0 aromatic rings. The SMILES string of the molecule is CC(=O)O[C@@H]1C=C2C[C@H](SC(C)=O)[C@H]3[C@@H](CC[C@@]4(C)[C@@H]3CC[C@@]43CCC(=O)O3)[C@@]2(C)CC1. The molecule has 4 aliphatic carbocycles. The van der Waals surface area contributed by atoms with Crippen molar-refractivity contribution in [2.45, 2.75) is 102 Å². The minimum Gasteiger partial charge on any atom is -0.458 e. The van der Waals surface area contributed by atoms with Gasteiger partial charge in [-0.05, 0) is 80.6 Å². The number of carbonyl (C=O) groups is 3. The van der Waals surface area contributed by atoms with Crippen molar-refractivity contribution in [1.82, 2.24) is 0 Å². The molecule has 0 amide bonds. The third kappa shape index (κ3) is 3.22. The Morgan fingerprint density at radius 2 is 1.81 bits per heavy atom. The van der Waals surface area contributed by atoms with Crippen molar-refractivity contribution in [2.75, 3.05) is 0 Å². The molecule has 3 saturated carbocycles. The molecule has 0 radical (unpaired) electrons. The number of hydrogen-bond acceptors (Lipinski definition) is 6. The first-order valence-electron chi connectivity index (χ1n) is 12.4. The first kappa shape index (κ1) is 22.5. The lowest BCUT2D eigenvalue weighted by molar-refractivity contribution is -0.167. The van der Waals surface area contributed by atoms with E-state index in [9.17, 15) is 14.4 Å². The van der Waals surface area contributed by atoms with Gasteiger partial charge in [-0.3, -0.25) is 14.4 Å². The second kappa shape index (κ2) is 7.61. The second-order valence-electron chi connectivity index (χ2n) is 11.4. The number of hydrogen-bond donors (Lipinski definition) is 0. The van der Waals surface area contributed by atoms with E-state index in [1.165, 1.54) is 24.3 Å². The Morgan fingerprint density at radius 1 is 1.06 bits per heavy atom. The Hall–Kier alpha value is -1.30. The highest BCUT2D eigenvalue weighted by molar-refractivity contribution is 8.14. The van der Waals surface area contributed by atoms with Crippen molar-refractivity contribution in [1.29, 1.82) is 0 Å². The number of carbonyl (C=O) groups excluding carboxylic acids is 3. The molecule has 6 heteroatoms. The summed E-state index contributed by atoms with van der Waals surface area (Å²) in [6, 6.07) is 0. The average molecular weight is 461 g/mol. The zero-order valence-corrected chi connectivity index (χ0v) is 20.6. The summed E-state index contributed by atoms with van der Waals surface area (Å²) in [4.78, 5) is 36.0. The van der Waals surface area contributed by atoms with Gasteiger partial charge in [0.05, 0.1) is 0 Å². The van der Waals surface area contributed by atoms with Crippen LogP contribution in [0.5, 0.6) is 0 Å². The van der Waals surface area contributed by atoms with E-state index in [-0.39, 0.29) is 44.8 Å². The molecule has 0 bridgehead atoms. The maximum absolute atomic E-state index is 12.3. The maximum atomic E-state index is 12.3. The summed E-state index contributed by atoms with van der Waals surface area (Å²) in [5.74, 6) is 1.19. The van der Waals surface area contributed by atoms with Crippen LogP contribution in [0.15, 0.2) is 11.6 Å². The zero-order valence-electron chi connectivity index (χ0n) is 19.8. The van der Waals surface area contributed by atoms with Crippen LogP contribution in [0.2, 0.25) is 0 Å². The standard InChI is InChI=1S/C26H36O5S/c1-15(27)30-18-5-9-24(3)17(13-18)14-21(32-16(2)28)23-19(24)6-10-25(4)20(23)7-11-26(25)12-8-22(29)31-26/h13,18-21,23H,5-12,14H2,1-4H3/t18-,19+,20+,21-,23-,24-,25-,26+/m0/s1. The average Bonchev–Trinajstić information content (AvgIpc) is 3.22. The van der Waals surface area contributed by atoms with E-state index in [2.05, 4.69) is 19.9 Å². The van der Waals surface area contributed by atoms with Crippen molar-refractivity contribution in [3.8, 4) is 0 Å². The Balaban J connectivity index is 1.51. The van der Waals surface area contributed by atoms with Gasteiger partial charge in [0.15, 0.2) is 5.12 Å². The number of esters is 2. The predicted octanol–water partition coefficient (Wildman–Crippen LogP) is 5.21. The van der Waals surface area contributed by atoms with E-state index in [1.807, 2.05) is 0 Å². The number of rotatable bonds is 2. The van der Waals surface area contributed by atoms with Crippen LogP contribution < -0.4 is 0 Å². The molecule has 0 aromatic heterocycles. The molecule has 1 spiro atoms. The van der Waals surface area contributed by atoms with Crippen molar-refractivity contribution in [3.63, 3.8) is 0 Å². The van der Waals surface area contributed by atoms with Gasteiger partial charge < -0.3 is 9.47 Å². The predicted molar refractivity (Wildman–Crippen MR) is 123 cm³/mol. The third-order valence-corrected chi connectivity index (χ3v) is 11.2. The van der Waals surface area contributed by atoms with Crippen LogP contribution in [0.1, 0.15) is 85.5 Å². The lowest BCUT2D eigenvalue weighted by Gasteiger charge is -2.61. The maximum Gasteiger partial charge on any atom is 0.306 e. The van der Waals surface area contributed by atoms with Crippen LogP contribution in [0.4, 0.5) is 0 Å². The smallest absolute Gasteiger partial charge is 0.306 e. The molecule has 0 unspecified atom stereocenters. The Morgan fingerprint density at radius 3 is 2.47 bits per heavy atom. The number of ether oxygens (including phenoxy) is 2. The monoisotopic (exact) mass is 460 g/mol. The Kier molecular flexibility index (Phi) is 5.35. The molecule has 0 N–H and O–H groups in total. The van der Waals surface area contributed by atoms with Gasteiger partial charge in [-0.15, -0.1) is 0 Å². The van der Waals surface area contributed by atoms with E-state index < -0.39 is 0 Å². The topological polar surface area (TPSA) is 69.7 Å². The fraction of sp³-hybridized carbons (Fsp3) is 0.808. The van der Waals surface area contributed by atoms with Gasteiger partial charge in [0.2, 0.25) is 0 Å². The van der Waals surface area contributed by atoms with Crippen molar-refractivity contribution in [2.24, 2.45) is 28.6 Å². The fourth-order valence-electron chi connectivity index (χ4n) is 8.57. The van der Waals surface area contributed by atoms with Gasteiger partial charge in [0.1, 0.15) is 11.7 Å². The molecule has 176 valence electrons.